The highest BCUT2D eigenvalue weighted by molar-refractivity contribution is 5.90. The molecule has 1 aliphatic carbocycles. The van der Waals surface area contributed by atoms with Crippen molar-refractivity contribution in [1.29, 1.82) is 0 Å². The van der Waals surface area contributed by atoms with Crippen molar-refractivity contribution in [2.24, 2.45) is 5.41 Å². The Balaban J connectivity index is 2.23. The van der Waals surface area contributed by atoms with E-state index >= 15 is 0 Å². The van der Waals surface area contributed by atoms with E-state index in [4.69, 9.17) is 4.74 Å². The van der Waals surface area contributed by atoms with E-state index in [9.17, 15) is 4.79 Å². The van der Waals surface area contributed by atoms with Crippen LogP contribution in [0.3, 0.4) is 0 Å². The monoisotopic (exact) mass is 258 g/mol. The molecular weight excluding hydrogens is 236 g/mol. The zero-order valence-corrected chi connectivity index (χ0v) is 12.0. The van der Waals surface area contributed by atoms with Crippen LogP contribution in [0.5, 0.6) is 0 Å². The molecule has 2 heteroatoms. The van der Waals surface area contributed by atoms with E-state index in [1.807, 2.05) is 31.2 Å². The molecule has 19 heavy (non-hydrogen) atoms. The Morgan fingerprint density at radius 3 is 2.53 bits per heavy atom. The minimum absolute atomic E-state index is 0.226. The molecule has 0 N–H and O–H groups in total. The van der Waals surface area contributed by atoms with E-state index < -0.39 is 0 Å². The fourth-order valence-corrected chi connectivity index (χ4v) is 2.71. The van der Waals surface area contributed by atoms with Gasteiger partial charge in [0.1, 0.15) is 0 Å². The van der Waals surface area contributed by atoms with Gasteiger partial charge in [0, 0.05) is 0 Å². The van der Waals surface area contributed by atoms with Gasteiger partial charge >= 0.3 is 5.97 Å². The SMILES string of the molecule is CCOC(=O)c1ccc(C2=CCCCC2(C)C)cc1. The van der Waals surface area contributed by atoms with Crippen LogP contribution in [0.4, 0.5) is 0 Å². The zero-order chi connectivity index (χ0) is 13.9. The lowest BCUT2D eigenvalue weighted by molar-refractivity contribution is 0.0526. The van der Waals surface area contributed by atoms with Gasteiger partial charge in [-0.3, -0.25) is 0 Å². The van der Waals surface area contributed by atoms with Crippen molar-refractivity contribution in [2.45, 2.75) is 40.0 Å². The van der Waals surface area contributed by atoms with Crippen LogP contribution in [0.1, 0.15) is 56.0 Å². The second kappa shape index (κ2) is 5.60. The summed E-state index contributed by atoms with van der Waals surface area (Å²) in [5, 5.41) is 0. The number of allylic oxidation sites excluding steroid dienone is 2. The van der Waals surface area contributed by atoms with Gasteiger partial charge in [0.05, 0.1) is 12.2 Å². The molecule has 0 saturated heterocycles. The minimum Gasteiger partial charge on any atom is -0.462 e. The van der Waals surface area contributed by atoms with Gasteiger partial charge < -0.3 is 4.74 Å². The van der Waals surface area contributed by atoms with E-state index in [1.54, 1.807) is 0 Å². The van der Waals surface area contributed by atoms with Crippen LogP contribution >= 0.6 is 0 Å². The van der Waals surface area contributed by atoms with Crippen molar-refractivity contribution in [3.63, 3.8) is 0 Å². The number of esters is 1. The molecule has 0 saturated carbocycles. The Morgan fingerprint density at radius 2 is 1.95 bits per heavy atom. The first-order valence-electron chi connectivity index (χ1n) is 7.03. The maximum Gasteiger partial charge on any atom is 0.338 e. The molecule has 0 aromatic heterocycles. The molecule has 0 fully saturated rings. The van der Waals surface area contributed by atoms with Crippen LogP contribution in [0.15, 0.2) is 30.3 Å². The van der Waals surface area contributed by atoms with Crippen molar-refractivity contribution in [1.82, 2.24) is 0 Å². The van der Waals surface area contributed by atoms with Crippen LogP contribution in [0.2, 0.25) is 0 Å². The summed E-state index contributed by atoms with van der Waals surface area (Å²) in [7, 11) is 0. The normalized spacial score (nSPS) is 17.7. The fourth-order valence-electron chi connectivity index (χ4n) is 2.71. The first-order chi connectivity index (χ1) is 9.04. The maximum atomic E-state index is 11.6. The molecule has 0 unspecified atom stereocenters. The molecule has 1 aromatic rings. The Morgan fingerprint density at radius 1 is 1.26 bits per heavy atom. The summed E-state index contributed by atoms with van der Waals surface area (Å²) in [6.07, 6.45) is 5.97. The topological polar surface area (TPSA) is 26.3 Å². The van der Waals surface area contributed by atoms with Gasteiger partial charge in [-0.2, -0.15) is 0 Å². The second-order valence-electron chi connectivity index (χ2n) is 5.69. The molecule has 0 spiro atoms. The lowest BCUT2D eigenvalue weighted by atomic mass is 9.73. The maximum absolute atomic E-state index is 11.6. The molecule has 2 rings (SSSR count). The molecule has 2 nitrogen and oxygen atoms in total. The number of carbonyl (C=O) groups is 1. The quantitative estimate of drug-likeness (QED) is 0.748. The van der Waals surface area contributed by atoms with E-state index in [1.165, 1.54) is 24.0 Å². The molecule has 0 atom stereocenters. The fraction of sp³-hybridized carbons (Fsp3) is 0.471. The summed E-state index contributed by atoms with van der Waals surface area (Å²) >= 11 is 0. The average molecular weight is 258 g/mol. The molecule has 102 valence electrons. The Hall–Kier alpha value is -1.57. The molecule has 0 amide bonds. The van der Waals surface area contributed by atoms with E-state index in [0.29, 0.717) is 12.2 Å². The zero-order valence-electron chi connectivity index (χ0n) is 12.0. The summed E-state index contributed by atoms with van der Waals surface area (Å²) in [4.78, 5) is 11.6. The van der Waals surface area contributed by atoms with Crippen molar-refractivity contribution in [2.75, 3.05) is 6.61 Å². The lowest BCUT2D eigenvalue weighted by Gasteiger charge is -2.32. The number of hydrogen-bond donors (Lipinski definition) is 0. The highest BCUT2D eigenvalue weighted by atomic mass is 16.5. The van der Waals surface area contributed by atoms with Crippen LogP contribution < -0.4 is 0 Å². The minimum atomic E-state index is -0.245. The molecule has 0 bridgehead atoms. The molecule has 0 heterocycles. The predicted molar refractivity (Wildman–Crippen MR) is 78.0 cm³/mol. The Bertz CT molecular complexity index is 480. The second-order valence-corrected chi connectivity index (χ2v) is 5.69. The smallest absolute Gasteiger partial charge is 0.338 e. The molecule has 0 aliphatic heterocycles. The van der Waals surface area contributed by atoms with Crippen molar-refractivity contribution in [3.8, 4) is 0 Å². The van der Waals surface area contributed by atoms with E-state index in [0.717, 1.165) is 6.42 Å². The van der Waals surface area contributed by atoms with Crippen LogP contribution in [-0.4, -0.2) is 12.6 Å². The van der Waals surface area contributed by atoms with Crippen LogP contribution in [0.25, 0.3) is 5.57 Å². The van der Waals surface area contributed by atoms with Crippen LogP contribution in [-0.2, 0) is 4.74 Å². The highest BCUT2D eigenvalue weighted by Gasteiger charge is 2.26. The predicted octanol–water partition coefficient (Wildman–Crippen LogP) is 4.46. The molecule has 1 aromatic carbocycles. The number of benzene rings is 1. The summed E-state index contributed by atoms with van der Waals surface area (Å²) < 4.78 is 5.00. The third-order valence-corrected chi connectivity index (χ3v) is 3.79. The third-order valence-electron chi connectivity index (χ3n) is 3.79. The Kier molecular flexibility index (Phi) is 4.08. The standard InChI is InChI=1S/C17H22O2/c1-4-19-16(18)14-10-8-13(9-11-14)15-7-5-6-12-17(15,2)3/h7-11H,4-6,12H2,1-3H3. The lowest BCUT2D eigenvalue weighted by Crippen LogP contribution is -2.17. The largest absolute Gasteiger partial charge is 0.462 e. The number of ether oxygens (including phenoxy) is 1. The summed E-state index contributed by atoms with van der Waals surface area (Å²) in [5.41, 5.74) is 3.47. The van der Waals surface area contributed by atoms with Gasteiger partial charge in [-0.1, -0.05) is 32.1 Å². The van der Waals surface area contributed by atoms with E-state index in [-0.39, 0.29) is 11.4 Å². The molecule has 1 aliphatic rings. The van der Waals surface area contributed by atoms with Crippen LogP contribution in [0, 0.1) is 5.41 Å². The number of hydrogen-bond acceptors (Lipinski definition) is 2. The third kappa shape index (κ3) is 3.06. The Labute approximate surface area is 115 Å². The van der Waals surface area contributed by atoms with Gasteiger partial charge in [-0.05, 0) is 54.9 Å². The van der Waals surface area contributed by atoms with Gasteiger partial charge in [0.15, 0.2) is 0 Å². The average Bonchev–Trinajstić information content (AvgIpc) is 2.39. The summed E-state index contributed by atoms with van der Waals surface area (Å²) in [5.74, 6) is -0.245. The van der Waals surface area contributed by atoms with Crippen molar-refractivity contribution in [3.05, 3.63) is 41.5 Å². The molecule has 0 radical (unpaired) electrons. The summed E-state index contributed by atoms with van der Waals surface area (Å²) in [6.45, 7) is 6.81. The van der Waals surface area contributed by atoms with Gasteiger partial charge in [-0.25, -0.2) is 4.79 Å². The number of rotatable bonds is 3. The van der Waals surface area contributed by atoms with Gasteiger partial charge in [-0.15, -0.1) is 0 Å². The molecular formula is C17H22O2. The first-order valence-corrected chi connectivity index (χ1v) is 7.03. The van der Waals surface area contributed by atoms with E-state index in [2.05, 4.69) is 19.9 Å². The van der Waals surface area contributed by atoms with Gasteiger partial charge in [0.25, 0.3) is 0 Å². The first kappa shape index (κ1) is 13.9. The van der Waals surface area contributed by atoms with Gasteiger partial charge in [0.2, 0.25) is 0 Å². The summed E-state index contributed by atoms with van der Waals surface area (Å²) in [6, 6.07) is 7.79. The number of carbonyl (C=O) groups excluding carboxylic acids is 1. The van der Waals surface area contributed by atoms with Crippen molar-refractivity contribution >= 4 is 11.5 Å². The van der Waals surface area contributed by atoms with Crippen molar-refractivity contribution < 1.29 is 9.53 Å². The highest BCUT2D eigenvalue weighted by Crippen LogP contribution is 2.42.